The van der Waals surface area contributed by atoms with Gasteiger partial charge >= 0.3 is 0 Å². The van der Waals surface area contributed by atoms with E-state index in [0.717, 1.165) is 22.8 Å². The fourth-order valence-corrected chi connectivity index (χ4v) is 3.75. The molecule has 0 saturated heterocycles. The van der Waals surface area contributed by atoms with E-state index in [4.69, 9.17) is 4.74 Å². The molecule has 0 radical (unpaired) electrons. The highest BCUT2D eigenvalue weighted by atomic mass is 16.5. The quantitative estimate of drug-likeness (QED) is 0.582. The number of H-pyrrole nitrogens is 1. The van der Waals surface area contributed by atoms with E-state index in [-0.39, 0.29) is 18.1 Å². The first-order valence-corrected chi connectivity index (χ1v) is 9.07. The zero-order valence-corrected chi connectivity index (χ0v) is 14.8. The molecule has 3 aromatic heterocycles. The summed E-state index contributed by atoms with van der Waals surface area (Å²) in [6.45, 7) is 2.03. The van der Waals surface area contributed by atoms with E-state index in [1.807, 2.05) is 37.4 Å². The molecule has 7 nitrogen and oxygen atoms in total. The lowest BCUT2D eigenvalue weighted by Gasteiger charge is -2.12. The Balaban J connectivity index is 1.56. The second kappa shape index (κ2) is 6.28. The van der Waals surface area contributed by atoms with E-state index in [9.17, 15) is 5.11 Å². The Hall–Kier alpha value is -3.06. The van der Waals surface area contributed by atoms with Gasteiger partial charge in [0.05, 0.1) is 6.10 Å². The minimum atomic E-state index is -0.327. The van der Waals surface area contributed by atoms with E-state index < -0.39 is 0 Å². The van der Waals surface area contributed by atoms with Crippen LogP contribution < -0.4 is 4.74 Å². The van der Waals surface area contributed by atoms with Crippen LogP contribution in [0.25, 0.3) is 33.3 Å². The molecule has 1 aromatic carbocycles. The fourth-order valence-electron chi connectivity index (χ4n) is 3.75. The molecule has 5 rings (SSSR count). The monoisotopic (exact) mass is 361 g/mol. The van der Waals surface area contributed by atoms with E-state index in [0.29, 0.717) is 29.3 Å². The van der Waals surface area contributed by atoms with Gasteiger partial charge in [-0.1, -0.05) is 31.2 Å². The second-order valence-electron chi connectivity index (χ2n) is 7.13. The van der Waals surface area contributed by atoms with Gasteiger partial charge in [0.1, 0.15) is 23.8 Å². The van der Waals surface area contributed by atoms with Gasteiger partial charge in [-0.15, -0.1) is 0 Å². The third-order valence-electron chi connectivity index (χ3n) is 5.25. The summed E-state index contributed by atoms with van der Waals surface area (Å²) in [5.41, 5.74) is 2.12. The van der Waals surface area contributed by atoms with Crippen molar-refractivity contribution in [3.63, 3.8) is 0 Å². The first kappa shape index (κ1) is 16.1. The highest BCUT2D eigenvalue weighted by Crippen LogP contribution is 2.32. The molecule has 2 N–H and O–H groups in total. The maximum absolute atomic E-state index is 9.97. The third kappa shape index (κ3) is 2.80. The van der Waals surface area contributed by atoms with E-state index >= 15 is 0 Å². The number of ether oxygens (including phenoxy) is 1. The Bertz CT molecular complexity index is 1110. The summed E-state index contributed by atoms with van der Waals surface area (Å²) in [5.74, 6) is 1.38. The predicted octanol–water partition coefficient (Wildman–Crippen LogP) is 3.11. The molecule has 0 aliphatic heterocycles. The average molecular weight is 361 g/mol. The second-order valence-corrected chi connectivity index (χ2v) is 7.13. The van der Waals surface area contributed by atoms with E-state index in [1.165, 1.54) is 6.33 Å². The number of aromatic amines is 1. The molecule has 136 valence electrons. The molecule has 0 unspecified atom stereocenters. The highest BCUT2D eigenvalue weighted by molar-refractivity contribution is 5.95. The van der Waals surface area contributed by atoms with Gasteiger partial charge < -0.3 is 14.8 Å². The number of hydrogen-bond donors (Lipinski definition) is 2. The van der Waals surface area contributed by atoms with Crippen LogP contribution in [0.1, 0.15) is 19.8 Å². The standard InChI is InChI=1S/C20H19N5O2/c1-11-6-13(7-16(11)26)27-20-17-19(22-10-23-20)25-18(24-17)15-9-21-8-12-4-2-3-5-14(12)15/h2-5,8-11,13,16,26H,6-7H2,1H3,(H,22,23,24,25)/t11-,13+,16+/m0/s1. The summed E-state index contributed by atoms with van der Waals surface area (Å²) in [5, 5.41) is 12.1. The van der Waals surface area contributed by atoms with Crippen LogP contribution in [-0.2, 0) is 0 Å². The summed E-state index contributed by atoms with van der Waals surface area (Å²) in [6, 6.07) is 8.05. The molecule has 7 heteroatoms. The van der Waals surface area contributed by atoms with Crippen molar-refractivity contribution in [3.05, 3.63) is 43.0 Å². The van der Waals surface area contributed by atoms with Crippen molar-refractivity contribution in [1.29, 1.82) is 0 Å². The molecule has 27 heavy (non-hydrogen) atoms. The highest BCUT2D eigenvalue weighted by Gasteiger charge is 2.32. The van der Waals surface area contributed by atoms with Gasteiger partial charge in [-0.05, 0) is 17.7 Å². The van der Waals surface area contributed by atoms with Crippen LogP contribution in [-0.4, -0.2) is 42.2 Å². The largest absolute Gasteiger partial charge is 0.473 e. The van der Waals surface area contributed by atoms with Crippen LogP contribution in [0.5, 0.6) is 5.88 Å². The zero-order chi connectivity index (χ0) is 18.4. The topological polar surface area (TPSA) is 96.8 Å². The smallest absolute Gasteiger partial charge is 0.243 e. The van der Waals surface area contributed by atoms with Crippen LogP contribution in [0.15, 0.2) is 43.0 Å². The van der Waals surface area contributed by atoms with Crippen molar-refractivity contribution >= 4 is 21.9 Å². The first-order chi connectivity index (χ1) is 13.2. The van der Waals surface area contributed by atoms with Crippen LogP contribution in [0.3, 0.4) is 0 Å². The Morgan fingerprint density at radius 1 is 1.15 bits per heavy atom. The number of hydrogen-bond acceptors (Lipinski definition) is 6. The lowest BCUT2D eigenvalue weighted by atomic mass is 10.1. The molecule has 0 amide bonds. The van der Waals surface area contributed by atoms with Gasteiger partial charge in [0, 0.05) is 29.8 Å². The number of nitrogens with one attached hydrogen (secondary N) is 1. The Morgan fingerprint density at radius 3 is 2.89 bits per heavy atom. The van der Waals surface area contributed by atoms with Crippen molar-refractivity contribution in [2.24, 2.45) is 5.92 Å². The summed E-state index contributed by atoms with van der Waals surface area (Å²) >= 11 is 0. The van der Waals surface area contributed by atoms with Crippen LogP contribution in [0.2, 0.25) is 0 Å². The lowest BCUT2D eigenvalue weighted by molar-refractivity contribution is 0.129. The minimum Gasteiger partial charge on any atom is -0.473 e. The molecule has 1 saturated carbocycles. The molecule has 1 aliphatic carbocycles. The number of benzene rings is 1. The lowest BCUT2D eigenvalue weighted by Crippen LogP contribution is -2.14. The van der Waals surface area contributed by atoms with Crippen LogP contribution in [0.4, 0.5) is 0 Å². The number of aromatic nitrogens is 5. The summed E-state index contributed by atoms with van der Waals surface area (Å²) in [6.07, 6.45) is 6.12. The summed E-state index contributed by atoms with van der Waals surface area (Å²) < 4.78 is 6.07. The molecule has 0 bridgehead atoms. The predicted molar refractivity (Wildman–Crippen MR) is 101 cm³/mol. The molecule has 1 aliphatic rings. The van der Waals surface area contributed by atoms with Gasteiger partial charge in [0.25, 0.3) is 0 Å². The maximum atomic E-state index is 9.97. The summed E-state index contributed by atoms with van der Waals surface area (Å²) in [7, 11) is 0. The van der Waals surface area contributed by atoms with Crippen LogP contribution >= 0.6 is 0 Å². The fraction of sp³-hybridized carbons (Fsp3) is 0.300. The third-order valence-corrected chi connectivity index (χ3v) is 5.25. The molecular weight excluding hydrogens is 342 g/mol. The van der Waals surface area contributed by atoms with Crippen LogP contribution in [0, 0.1) is 5.92 Å². The van der Waals surface area contributed by atoms with Crippen molar-refractivity contribution in [2.45, 2.75) is 32.0 Å². The van der Waals surface area contributed by atoms with E-state index in [2.05, 4.69) is 24.9 Å². The molecule has 3 atom stereocenters. The summed E-state index contributed by atoms with van der Waals surface area (Å²) in [4.78, 5) is 20.8. The average Bonchev–Trinajstić information content (AvgIpc) is 3.25. The maximum Gasteiger partial charge on any atom is 0.243 e. The number of aliphatic hydroxyl groups is 1. The number of pyridine rings is 1. The van der Waals surface area contributed by atoms with Crippen molar-refractivity contribution in [3.8, 4) is 17.3 Å². The molecule has 0 spiro atoms. The number of imidazole rings is 1. The molecule has 1 fully saturated rings. The van der Waals surface area contributed by atoms with Crippen molar-refractivity contribution in [2.75, 3.05) is 0 Å². The first-order valence-electron chi connectivity index (χ1n) is 9.07. The SMILES string of the molecule is C[C@H]1C[C@@H](Oc2ncnc3nc(-c4cncc5ccccc45)[nH]c23)C[C@H]1O. The Morgan fingerprint density at radius 2 is 2.04 bits per heavy atom. The minimum absolute atomic E-state index is 0.0564. The van der Waals surface area contributed by atoms with E-state index in [1.54, 1.807) is 6.20 Å². The Kier molecular flexibility index (Phi) is 3.75. The normalized spacial score (nSPS) is 22.5. The molecule has 3 heterocycles. The molecular formula is C20H19N5O2. The van der Waals surface area contributed by atoms with Gasteiger partial charge in [0.15, 0.2) is 5.65 Å². The van der Waals surface area contributed by atoms with Gasteiger partial charge in [-0.2, -0.15) is 4.98 Å². The number of nitrogens with zero attached hydrogens (tertiary/aromatic N) is 4. The Labute approximate surface area is 155 Å². The number of aliphatic hydroxyl groups excluding tert-OH is 1. The molecule has 4 aromatic rings. The number of rotatable bonds is 3. The van der Waals surface area contributed by atoms with Gasteiger partial charge in [0.2, 0.25) is 5.88 Å². The zero-order valence-electron chi connectivity index (χ0n) is 14.8. The van der Waals surface area contributed by atoms with Crippen molar-refractivity contribution < 1.29 is 9.84 Å². The number of fused-ring (bicyclic) bond motifs is 2. The van der Waals surface area contributed by atoms with Gasteiger partial charge in [-0.3, -0.25) is 4.98 Å². The van der Waals surface area contributed by atoms with Crippen molar-refractivity contribution in [1.82, 2.24) is 24.9 Å². The van der Waals surface area contributed by atoms with Gasteiger partial charge in [-0.25, -0.2) is 9.97 Å².